The highest BCUT2D eigenvalue weighted by Crippen LogP contribution is 2.15. The second kappa shape index (κ2) is 7.91. The maximum atomic E-state index is 11.6. The number of benzene rings is 1. The first kappa shape index (κ1) is 15.7. The molecule has 1 aromatic carbocycles. The Hall–Kier alpha value is -1.40. The summed E-state index contributed by atoms with van der Waals surface area (Å²) < 4.78 is 0.822. The van der Waals surface area contributed by atoms with Crippen LogP contribution in [0, 0.1) is 5.92 Å². The molecule has 0 saturated carbocycles. The first-order valence-corrected chi connectivity index (χ1v) is 6.78. The number of nitrogens with one attached hydrogen (secondary N) is 2. The molecule has 0 bridgehead atoms. The second-order valence-electron chi connectivity index (χ2n) is 4.29. The molecule has 0 aliphatic heterocycles. The van der Waals surface area contributed by atoms with E-state index in [9.17, 15) is 9.59 Å². The summed E-state index contributed by atoms with van der Waals surface area (Å²) in [7, 11) is 0. The van der Waals surface area contributed by atoms with Gasteiger partial charge in [0.15, 0.2) is 0 Å². The maximum absolute atomic E-state index is 11.6. The number of amides is 2. The minimum Gasteiger partial charge on any atom is -0.396 e. The molecule has 0 aromatic heterocycles. The highest BCUT2D eigenvalue weighted by atomic mass is 79.9. The number of hydrogen-bond acceptors (Lipinski definition) is 3. The third kappa shape index (κ3) is 5.85. The fraction of sp³-hybridized carbons (Fsp3) is 0.385. The quantitative estimate of drug-likeness (QED) is 0.717. The summed E-state index contributed by atoms with van der Waals surface area (Å²) in [6.07, 6.45) is 0.591. The molecule has 1 aromatic rings. The number of aliphatic hydroxyl groups is 1. The lowest BCUT2D eigenvalue weighted by atomic mass is 10.1. The van der Waals surface area contributed by atoms with Crippen LogP contribution in [0.1, 0.15) is 13.3 Å². The van der Waals surface area contributed by atoms with Crippen molar-refractivity contribution in [3.8, 4) is 0 Å². The number of hydrogen-bond donors (Lipinski definition) is 3. The van der Waals surface area contributed by atoms with E-state index in [1.165, 1.54) is 0 Å². The summed E-state index contributed by atoms with van der Waals surface area (Å²) in [5, 5.41) is 13.8. The van der Waals surface area contributed by atoms with Crippen LogP contribution in [0.25, 0.3) is 0 Å². The molecule has 5 nitrogen and oxygen atoms in total. The Morgan fingerprint density at radius 2 is 2.11 bits per heavy atom. The van der Waals surface area contributed by atoms with Crippen molar-refractivity contribution < 1.29 is 14.7 Å². The van der Waals surface area contributed by atoms with Crippen molar-refractivity contribution in [1.29, 1.82) is 0 Å². The largest absolute Gasteiger partial charge is 0.396 e. The van der Waals surface area contributed by atoms with Crippen molar-refractivity contribution in [2.45, 2.75) is 13.3 Å². The summed E-state index contributed by atoms with van der Waals surface area (Å²) in [6, 6.07) is 7.00. The van der Waals surface area contributed by atoms with Crippen molar-refractivity contribution >= 4 is 33.4 Å². The standard InChI is InChI=1S/C13H17BrN2O3/c1-9(5-6-17)8-15-12(18)13(19)16-11-4-2-3-10(14)7-11/h2-4,7,9,17H,5-6,8H2,1H3,(H,15,18)(H,16,19). The summed E-state index contributed by atoms with van der Waals surface area (Å²) in [5.74, 6) is -1.24. The summed E-state index contributed by atoms with van der Waals surface area (Å²) >= 11 is 3.28. The number of halogens is 1. The Kier molecular flexibility index (Phi) is 6.52. The number of aliphatic hydroxyl groups excluding tert-OH is 1. The number of carbonyl (C=O) groups excluding carboxylic acids is 2. The minimum absolute atomic E-state index is 0.0707. The van der Waals surface area contributed by atoms with Crippen LogP contribution in [0.15, 0.2) is 28.7 Å². The van der Waals surface area contributed by atoms with Crippen molar-refractivity contribution in [3.05, 3.63) is 28.7 Å². The molecule has 0 fully saturated rings. The second-order valence-corrected chi connectivity index (χ2v) is 5.21. The number of anilines is 1. The SMILES string of the molecule is CC(CCO)CNC(=O)C(=O)Nc1cccc(Br)c1. The Morgan fingerprint density at radius 1 is 1.37 bits per heavy atom. The van der Waals surface area contributed by atoms with E-state index in [2.05, 4.69) is 26.6 Å². The Labute approximate surface area is 120 Å². The van der Waals surface area contributed by atoms with Crippen LogP contribution in [-0.4, -0.2) is 30.1 Å². The van der Waals surface area contributed by atoms with Crippen LogP contribution in [0.4, 0.5) is 5.69 Å². The van der Waals surface area contributed by atoms with Gasteiger partial charge in [0.05, 0.1) is 0 Å². The van der Waals surface area contributed by atoms with Crippen LogP contribution >= 0.6 is 15.9 Å². The van der Waals surface area contributed by atoms with Gasteiger partial charge in [0.2, 0.25) is 0 Å². The van der Waals surface area contributed by atoms with Gasteiger partial charge in [-0.3, -0.25) is 9.59 Å². The number of carbonyl (C=O) groups is 2. The van der Waals surface area contributed by atoms with E-state index in [0.717, 1.165) is 4.47 Å². The van der Waals surface area contributed by atoms with Gasteiger partial charge in [0.1, 0.15) is 0 Å². The Bertz CT molecular complexity index is 451. The van der Waals surface area contributed by atoms with Gasteiger partial charge in [-0.1, -0.05) is 28.9 Å². The zero-order chi connectivity index (χ0) is 14.3. The normalized spacial score (nSPS) is 11.7. The molecule has 0 radical (unpaired) electrons. The predicted molar refractivity (Wildman–Crippen MR) is 76.6 cm³/mol. The zero-order valence-corrected chi connectivity index (χ0v) is 12.2. The molecule has 0 spiro atoms. The molecule has 104 valence electrons. The zero-order valence-electron chi connectivity index (χ0n) is 10.6. The molecule has 1 unspecified atom stereocenters. The summed E-state index contributed by atoms with van der Waals surface area (Å²) in [4.78, 5) is 23.1. The van der Waals surface area contributed by atoms with Gasteiger partial charge in [-0.2, -0.15) is 0 Å². The highest BCUT2D eigenvalue weighted by Gasteiger charge is 2.14. The van der Waals surface area contributed by atoms with Crippen molar-refractivity contribution in [2.24, 2.45) is 5.92 Å². The van der Waals surface area contributed by atoms with Gasteiger partial charge >= 0.3 is 11.8 Å². The van der Waals surface area contributed by atoms with Gasteiger partial charge in [-0.05, 0) is 30.5 Å². The minimum atomic E-state index is -0.700. The Morgan fingerprint density at radius 3 is 2.74 bits per heavy atom. The first-order chi connectivity index (χ1) is 9.02. The van der Waals surface area contributed by atoms with Crippen LogP contribution in [0.2, 0.25) is 0 Å². The van der Waals surface area contributed by atoms with Crippen LogP contribution in [-0.2, 0) is 9.59 Å². The van der Waals surface area contributed by atoms with E-state index in [1.807, 2.05) is 13.0 Å². The van der Waals surface area contributed by atoms with E-state index >= 15 is 0 Å². The third-order valence-electron chi connectivity index (χ3n) is 2.52. The predicted octanol–water partition coefficient (Wildman–Crippen LogP) is 1.52. The summed E-state index contributed by atoms with van der Waals surface area (Å²) in [6.45, 7) is 2.33. The van der Waals surface area contributed by atoms with Crippen molar-refractivity contribution in [2.75, 3.05) is 18.5 Å². The smallest absolute Gasteiger partial charge is 0.313 e. The average Bonchev–Trinajstić information content (AvgIpc) is 2.36. The van der Waals surface area contributed by atoms with E-state index in [-0.39, 0.29) is 12.5 Å². The molecule has 0 aliphatic carbocycles. The molecule has 19 heavy (non-hydrogen) atoms. The van der Waals surface area contributed by atoms with E-state index < -0.39 is 11.8 Å². The Balaban J connectivity index is 2.43. The molecule has 6 heteroatoms. The molecule has 0 aliphatic rings. The van der Waals surface area contributed by atoms with Crippen LogP contribution in [0.5, 0.6) is 0 Å². The molecular weight excluding hydrogens is 312 g/mol. The lowest BCUT2D eigenvalue weighted by molar-refractivity contribution is -0.136. The van der Waals surface area contributed by atoms with E-state index in [1.54, 1.807) is 18.2 Å². The monoisotopic (exact) mass is 328 g/mol. The topological polar surface area (TPSA) is 78.4 Å². The first-order valence-electron chi connectivity index (χ1n) is 5.98. The van der Waals surface area contributed by atoms with Crippen LogP contribution in [0.3, 0.4) is 0 Å². The van der Waals surface area contributed by atoms with Crippen molar-refractivity contribution in [1.82, 2.24) is 5.32 Å². The lowest BCUT2D eigenvalue weighted by Crippen LogP contribution is -2.37. The average molecular weight is 329 g/mol. The fourth-order valence-corrected chi connectivity index (χ4v) is 1.82. The lowest BCUT2D eigenvalue weighted by Gasteiger charge is -2.11. The van der Waals surface area contributed by atoms with E-state index in [0.29, 0.717) is 18.7 Å². The third-order valence-corrected chi connectivity index (χ3v) is 3.01. The van der Waals surface area contributed by atoms with Gasteiger partial charge < -0.3 is 15.7 Å². The van der Waals surface area contributed by atoms with Gasteiger partial charge in [0.25, 0.3) is 0 Å². The van der Waals surface area contributed by atoms with E-state index in [4.69, 9.17) is 5.11 Å². The summed E-state index contributed by atoms with van der Waals surface area (Å²) in [5.41, 5.74) is 0.554. The fourth-order valence-electron chi connectivity index (χ4n) is 1.42. The molecule has 3 N–H and O–H groups in total. The molecule has 2 amide bonds. The highest BCUT2D eigenvalue weighted by molar-refractivity contribution is 9.10. The molecule has 0 saturated heterocycles. The van der Waals surface area contributed by atoms with Crippen LogP contribution < -0.4 is 10.6 Å². The molecule has 0 heterocycles. The number of rotatable bonds is 5. The molecular formula is C13H17BrN2O3. The van der Waals surface area contributed by atoms with Gasteiger partial charge in [0, 0.05) is 23.3 Å². The molecule has 1 rings (SSSR count). The molecule has 1 atom stereocenters. The van der Waals surface area contributed by atoms with Crippen molar-refractivity contribution in [3.63, 3.8) is 0 Å². The van der Waals surface area contributed by atoms with Gasteiger partial charge in [-0.25, -0.2) is 0 Å². The van der Waals surface area contributed by atoms with Gasteiger partial charge in [-0.15, -0.1) is 0 Å². The maximum Gasteiger partial charge on any atom is 0.313 e.